The van der Waals surface area contributed by atoms with Gasteiger partial charge in [0.15, 0.2) is 12.2 Å². The van der Waals surface area contributed by atoms with Crippen LogP contribution in [0.5, 0.6) is 0 Å². The lowest BCUT2D eigenvalue weighted by atomic mass is 10.0. The molecule has 17 nitrogen and oxygen atoms in total. The van der Waals surface area contributed by atoms with Crippen molar-refractivity contribution in [1.29, 1.82) is 0 Å². The average Bonchev–Trinajstić information content (AvgIpc) is 1.01. The van der Waals surface area contributed by atoms with Gasteiger partial charge in [-0.3, -0.25) is 37.3 Å². The smallest absolute Gasteiger partial charge is 0.462 e. The molecule has 0 aromatic carbocycles. The molecule has 0 saturated carbocycles. The number of esters is 4. The van der Waals surface area contributed by atoms with Gasteiger partial charge in [0.2, 0.25) is 0 Å². The number of carbonyl (C=O) groups excluding carboxylic acids is 4. The molecule has 0 saturated heterocycles. The maximum Gasteiger partial charge on any atom is 0.472 e. The van der Waals surface area contributed by atoms with Crippen molar-refractivity contribution in [1.82, 2.24) is 0 Å². The molecule has 606 valence electrons. The summed E-state index contributed by atoms with van der Waals surface area (Å²) >= 11 is 0. The van der Waals surface area contributed by atoms with Gasteiger partial charge in [-0.15, -0.1) is 0 Å². The maximum absolute atomic E-state index is 13.1. The lowest BCUT2D eigenvalue weighted by Crippen LogP contribution is -2.30. The second-order valence-electron chi connectivity index (χ2n) is 30.3. The molecule has 0 bridgehead atoms. The molecule has 2 unspecified atom stereocenters. The Kier molecular flexibility index (Phi) is 74.4. The lowest BCUT2D eigenvalue weighted by molar-refractivity contribution is -0.161. The number of aliphatic hydroxyl groups excluding tert-OH is 1. The number of ether oxygens (including phenoxy) is 4. The number of phosphoric ester groups is 2. The zero-order valence-corrected chi connectivity index (χ0v) is 68.5. The molecule has 0 aliphatic heterocycles. The van der Waals surface area contributed by atoms with Gasteiger partial charge in [-0.25, -0.2) is 9.13 Å². The molecular weight excluding hydrogens is 1330 g/mol. The molecular formula is C83H162O17P2. The zero-order chi connectivity index (χ0) is 74.8. The van der Waals surface area contributed by atoms with Crippen LogP contribution in [0.2, 0.25) is 0 Å². The van der Waals surface area contributed by atoms with Gasteiger partial charge in [0.05, 0.1) is 26.4 Å². The highest BCUT2D eigenvalue weighted by Crippen LogP contribution is 2.45. The predicted octanol–water partition coefficient (Wildman–Crippen LogP) is 25.2. The first-order valence-corrected chi connectivity index (χ1v) is 46.1. The number of aliphatic hydroxyl groups is 1. The highest BCUT2D eigenvalue weighted by molar-refractivity contribution is 7.47. The first kappa shape index (κ1) is 100. The summed E-state index contributed by atoms with van der Waals surface area (Å²) < 4.78 is 68.7. The number of unbranched alkanes of at least 4 members (excludes halogenated alkanes) is 55. The van der Waals surface area contributed by atoms with E-state index >= 15 is 0 Å². The molecule has 5 atom stereocenters. The van der Waals surface area contributed by atoms with Crippen molar-refractivity contribution >= 4 is 39.5 Å². The topological polar surface area (TPSA) is 237 Å². The van der Waals surface area contributed by atoms with E-state index in [1.54, 1.807) is 0 Å². The van der Waals surface area contributed by atoms with Crippen LogP contribution in [-0.4, -0.2) is 96.7 Å². The van der Waals surface area contributed by atoms with Crippen LogP contribution in [0, 0.1) is 5.92 Å². The number of carbonyl (C=O) groups is 4. The van der Waals surface area contributed by atoms with Crippen molar-refractivity contribution in [3.05, 3.63) is 0 Å². The van der Waals surface area contributed by atoms with Crippen LogP contribution in [0.15, 0.2) is 0 Å². The fraction of sp³-hybridized carbons (Fsp3) is 0.952. The summed E-state index contributed by atoms with van der Waals surface area (Å²) in [7, 11) is -9.92. The van der Waals surface area contributed by atoms with Gasteiger partial charge in [0, 0.05) is 25.7 Å². The molecule has 102 heavy (non-hydrogen) atoms. The zero-order valence-electron chi connectivity index (χ0n) is 66.8. The minimum atomic E-state index is -4.96. The Labute approximate surface area is 626 Å². The second-order valence-corrected chi connectivity index (χ2v) is 33.3. The van der Waals surface area contributed by atoms with E-state index in [1.165, 1.54) is 270 Å². The van der Waals surface area contributed by atoms with Crippen LogP contribution in [0.4, 0.5) is 0 Å². The summed E-state index contributed by atoms with van der Waals surface area (Å²) in [5, 5.41) is 10.6. The van der Waals surface area contributed by atoms with Crippen LogP contribution in [0.25, 0.3) is 0 Å². The van der Waals surface area contributed by atoms with E-state index in [9.17, 15) is 43.2 Å². The summed E-state index contributed by atoms with van der Waals surface area (Å²) in [6, 6.07) is 0. The van der Waals surface area contributed by atoms with Gasteiger partial charge in [0.25, 0.3) is 0 Å². The van der Waals surface area contributed by atoms with Crippen molar-refractivity contribution in [2.75, 3.05) is 39.6 Å². The fourth-order valence-corrected chi connectivity index (χ4v) is 14.5. The summed E-state index contributed by atoms with van der Waals surface area (Å²) in [6.45, 7) is 7.27. The SMILES string of the molecule is CCCCCCCCCCCCCCCCCCCCCCCCC(=O)O[C@H](COC(=O)CCCCCCCCCCCCCCCCCCCCCC)COP(=O)(O)OC[C@@H](O)COP(=O)(O)OC[C@@H](COC(=O)CCCCCCCCCCC)OC(=O)CCCCCCCCCCC(C)C. The van der Waals surface area contributed by atoms with E-state index in [-0.39, 0.29) is 25.7 Å². The molecule has 0 radical (unpaired) electrons. The Morgan fingerprint density at radius 3 is 0.667 bits per heavy atom. The average molecular weight is 1490 g/mol. The predicted molar refractivity (Wildman–Crippen MR) is 418 cm³/mol. The molecule has 0 spiro atoms. The molecule has 0 heterocycles. The van der Waals surface area contributed by atoms with Crippen LogP contribution >= 0.6 is 15.6 Å². The Hall–Kier alpha value is -1.94. The van der Waals surface area contributed by atoms with Gasteiger partial charge in [-0.1, -0.05) is 394 Å². The van der Waals surface area contributed by atoms with E-state index in [4.69, 9.17) is 37.0 Å². The Bertz CT molecular complexity index is 1940. The van der Waals surface area contributed by atoms with E-state index in [0.29, 0.717) is 25.7 Å². The van der Waals surface area contributed by atoms with Crippen LogP contribution in [0.1, 0.15) is 446 Å². The lowest BCUT2D eigenvalue weighted by Gasteiger charge is -2.21. The van der Waals surface area contributed by atoms with Gasteiger partial charge < -0.3 is 33.8 Å². The number of rotatable bonds is 83. The van der Waals surface area contributed by atoms with Crippen molar-refractivity contribution in [3.8, 4) is 0 Å². The highest BCUT2D eigenvalue weighted by Gasteiger charge is 2.30. The van der Waals surface area contributed by atoms with Gasteiger partial charge in [-0.05, 0) is 31.6 Å². The molecule has 0 aromatic rings. The summed E-state index contributed by atoms with van der Waals surface area (Å²) in [5.41, 5.74) is 0. The third-order valence-corrected chi connectivity index (χ3v) is 21.4. The van der Waals surface area contributed by atoms with E-state index in [0.717, 1.165) is 95.8 Å². The Balaban J connectivity index is 5.17. The number of hydrogen-bond acceptors (Lipinski definition) is 15. The Morgan fingerprint density at radius 2 is 0.451 bits per heavy atom. The Morgan fingerprint density at radius 1 is 0.265 bits per heavy atom. The largest absolute Gasteiger partial charge is 0.472 e. The second kappa shape index (κ2) is 75.9. The third-order valence-electron chi connectivity index (χ3n) is 19.5. The molecule has 0 fully saturated rings. The van der Waals surface area contributed by atoms with Gasteiger partial charge >= 0.3 is 39.5 Å². The molecule has 0 rings (SSSR count). The summed E-state index contributed by atoms with van der Waals surface area (Å²) in [5.74, 6) is -1.39. The van der Waals surface area contributed by atoms with Gasteiger partial charge in [-0.2, -0.15) is 0 Å². The monoisotopic (exact) mass is 1490 g/mol. The maximum atomic E-state index is 13.1. The summed E-state index contributed by atoms with van der Waals surface area (Å²) in [6.07, 6.45) is 68.4. The molecule has 0 amide bonds. The van der Waals surface area contributed by atoms with Crippen LogP contribution < -0.4 is 0 Å². The standard InChI is InChI=1S/C83H162O17P2/c1-6-9-12-15-18-21-23-25-27-29-31-33-34-36-38-40-42-44-47-53-58-63-68-82(87)99-78(73-94-81(86)67-62-57-52-46-43-41-39-37-35-32-30-28-26-24-22-19-16-13-10-7-2)74-97-101(89,90)95-70-77(84)71-96-102(91,92)98-75-79(72-93-80(85)66-61-56-51-45-20-17-14-11-8-3)100-83(88)69-64-59-54-49-48-50-55-60-65-76(4)5/h76-79,84H,6-75H2,1-5H3,(H,89,90)(H,91,92)/t77-,78-,79-/m1/s1. The number of phosphoric acid groups is 2. The van der Waals surface area contributed by atoms with Crippen molar-refractivity contribution < 1.29 is 80.2 Å². The molecule has 19 heteroatoms. The van der Waals surface area contributed by atoms with Crippen molar-refractivity contribution in [3.63, 3.8) is 0 Å². The molecule has 0 aromatic heterocycles. The summed E-state index contributed by atoms with van der Waals surface area (Å²) in [4.78, 5) is 73.0. The van der Waals surface area contributed by atoms with E-state index < -0.39 is 97.5 Å². The van der Waals surface area contributed by atoms with Crippen molar-refractivity contribution in [2.24, 2.45) is 5.92 Å². The van der Waals surface area contributed by atoms with E-state index in [2.05, 4.69) is 34.6 Å². The minimum absolute atomic E-state index is 0.105. The third kappa shape index (κ3) is 76.3. The molecule has 0 aliphatic carbocycles. The van der Waals surface area contributed by atoms with E-state index in [1.807, 2.05) is 0 Å². The van der Waals surface area contributed by atoms with Gasteiger partial charge in [0.1, 0.15) is 19.3 Å². The highest BCUT2D eigenvalue weighted by atomic mass is 31.2. The first-order valence-electron chi connectivity index (χ1n) is 43.1. The first-order chi connectivity index (χ1) is 49.5. The molecule has 3 N–H and O–H groups in total. The van der Waals surface area contributed by atoms with Crippen molar-refractivity contribution in [2.45, 2.75) is 464 Å². The normalized spacial score (nSPS) is 13.8. The minimum Gasteiger partial charge on any atom is -0.462 e. The fourth-order valence-electron chi connectivity index (χ4n) is 12.9. The quantitative estimate of drug-likeness (QED) is 0.0222. The molecule has 0 aliphatic rings. The van der Waals surface area contributed by atoms with Crippen LogP contribution in [0.3, 0.4) is 0 Å². The number of hydrogen-bond donors (Lipinski definition) is 3. The van der Waals surface area contributed by atoms with Crippen LogP contribution in [-0.2, 0) is 65.4 Å².